The SMILES string of the molecule is CC(C)C[C@](O[C@@H]1O[C@H](CO)[C@@H](O)[C@H](O)[C@H]1O)(C(=O)OCc1ccc(O[C@@H]2O[C@H](CO)[C@@H](O)[C@H](O[C@@H]3O[C@H](CO)[C@@H](O)[C@H](O)[C@H]3O)[C@H]2O)cc1)[C@H](O)C(=O)OCc1ccc(O[C@@H]2O[C@H](CO)[C@@H](O)[C@H](O)[C@H]2O)cc1. The highest BCUT2D eigenvalue weighted by molar-refractivity contribution is 5.89. The molecule has 16 N–H and O–H groups in total. The van der Waals surface area contributed by atoms with E-state index in [1.807, 2.05) is 0 Å². The Balaban J connectivity index is 1.16. The van der Waals surface area contributed by atoms with Crippen molar-refractivity contribution in [1.82, 2.24) is 0 Å². The highest BCUT2D eigenvalue weighted by Gasteiger charge is 2.58. The number of hydrogen-bond acceptors (Lipinski definition) is 28. The standard InChI is InChI=1S/C46H66O28/c1-18(2)11-46(74-44-36(60)33(57)29(53)25(14-49)72-44,39(62)40(63)65-16-19-3-7-21(8-4-19)67-41-34(58)31(55)27(51)23(12-47)69-41)45(64)66-17-20-5-9-22(10-6-20)68-43-37(61)38(30(54)26(15-50)71-43)73-42-35(59)32(56)28(52)24(13-48)70-42/h3-10,18,23-39,41-44,47-62H,11-17H2,1-2H3/t23-,24-,25-,26-,27-,28-,29-,30-,31+,32+,33+,34-,35-,36-,37-,38+,39-,41-,42+,43-,44+,46-/m1/s1. The van der Waals surface area contributed by atoms with Crippen molar-refractivity contribution in [2.75, 3.05) is 26.4 Å². The highest BCUT2D eigenvalue weighted by Crippen LogP contribution is 2.36. The lowest BCUT2D eigenvalue weighted by molar-refractivity contribution is -0.352. The average molecular weight is 1070 g/mol. The van der Waals surface area contributed by atoms with Crippen LogP contribution in [0.15, 0.2) is 48.5 Å². The Bertz CT molecular complexity index is 2060. The van der Waals surface area contributed by atoms with Crippen LogP contribution in [0, 0.1) is 5.92 Å². The normalized spacial score (nSPS) is 37.9. The first kappa shape index (κ1) is 59.3. The van der Waals surface area contributed by atoms with Gasteiger partial charge >= 0.3 is 11.9 Å². The summed E-state index contributed by atoms with van der Waals surface area (Å²) >= 11 is 0. The van der Waals surface area contributed by atoms with E-state index in [0.717, 1.165) is 0 Å². The van der Waals surface area contributed by atoms with Gasteiger partial charge in [0.2, 0.25) is 18.2 Å². The Labute approximate surface area is 421 Å². The summed E-state index contributed by atoms with van der Waals surface area (Å²) in [5.74, 6) is -3.44. The molecule has 4 aliphatic heterocycles. The number of aliphatic hydroxyl groups excluding tert-OH is 16. The molecular formula is C46H66O28. The largest absolute Gasteiger partial charge is 0.462 e. The molecule has 0 spiro atoms. The molecule has 28 nitrogen and oxygen atoms in total. The molecule has 28 heteroatoms. The Hall–Kier alpha value is -3.90. The number of aliphatic hydroxyl groups is 16. The van der Waals surface area contributed by atoms with Crippen LogP contribution < -0.4 is 9.47 Å². The van der Waals surface area contributed by atoms with Gasteiger partial charge in [0, 0.05) is 0 Å². The quantitative estimate of drug-likeness (QED) is 0.0517. The molecule has 6 rings (SSSR count). The second kappa shape index (κ2) is 26.0. The summed E-state index contributed by atoms with van der Waals surface area (Å²) in [5.41, 5.74) is -2.30. The molecule has 2 aromatic carbocycles. The van der Waals surface area contributed by atoms with Gasteiger partial charge in [-0.2, -0.15) is 0 Å². The van der Waals surface area contributed by atoms with Gasteiger partial charge in [-0.3, -0.25) is 0 Å². The number of carbonyl (C=O) groups is 2. The molecule has 0 bridgehead atoms. The molecule has 0 saturated carbocycles. The van der Waals surface area contributed by atoms with Crippen molar-refractivity contribution in [2.24, 2.45) is 5.92 Å². The maximum absolute atomic E-state index is 14.4. The molecule has 4 saturated heterocycles. The first-order valence-corrected chi connectivity index (χ1v) is 23.5. The smallest absolute Gasteiger partial charge is 0.342 e. The van der Waals surface area contributed by atoms with Crippen LogP contribution in [-0.4, -0.2) is 255 Å². The minimum atomic E-state index is -2.80. The van der Waals surface area contributed by atoms with Gasteiger partial charge in [-0.25, -0.2) is 9.59 Å². The Morgan fingerprint density at radius 2 is 0.878 bits per heavy atom. The Morgan fingerprint density at radius 1 is 0.500 bits per heavy atom. The van der Waals surface area contributed by atoms with E-state index < -0.39 is 198 Å². The number of rotatable bonds is 21. The predicted molar refractivity (Wildman–Crippen MR) is 237 cm³/mol. The molecule has 2 aromatic rings. The lowest BCUT2D eigenvalue weighted by Gasteiger charge is -2.45. The van der Waals surface area contributed by atoms with E-state index in [4.69, 9.17) is 47.4 Å². The van der Waals surface area contributed by atoms with Crippen LogP contribution in [0.3, 0.4) is 0 Å². The molecule has 4 heterocycles. The Kier molecular flexibility index (Phi) is 20.8. The fourth-order valence-electron chi connectivity index (χ4n) is 8.55. The van der Waals surface area contributed by atoms with Crippen molar-refractivity contribution in [3.05, 3.63) is 59.7 Å². The second-order valence-corrected chi connectivity index (χ2v) is 18.6. The van der Waals surface area contributed by atoms with Gasteiger partial charge in [-0.05, 0) is 47.7 Å². The molecular weight excluding hydrogens is 1000 g/mol. The molecule has 0 unspecified atom stereocenters. The lowest BCUT2D eigenvalue weighted by Crippen LogP contribution is -2.65. The van der Waals surface area contributed by atoms with E-state index in [-0.39, 0.29) is 22.6 Å². The summed E-state index contributed by atoms with van der Waals surface area (Å²) in [5, 5.41) is 166. The summed E-state index contributed by atoms with van der Waals surface area (Å²) in [6.45, 7) is -1.22. The van der Waals surface area contributed by atoms with Crippen molar-refractivity contribution >= 4 is 11.9 Å². The van der Waals surface area contributed by atoms with Crippen molar-refractivity contribution in [3.8, 4) is 11.5 Å². The van der Waals surface area contributed by atoms with Crippen LogP contribution in [0.4, 0.5) is 0 Å². The fourth-order valence-corrected chi connectivity index (χ4v) is 8.55. The first-order valence-electron chi connectivity index (χ1n) is 23.5. The van der Waals surface area contributed by atoms with Crippen molar-refractivity contribution in [1.29, 1.82) is 0 Å². The van der Waals surface area contributed by atoms with E-state index in [2.05, 4.69) is 0 Å². The Morgan fingerprint density at radius 3 is 1.32 bits per heavy atom. The van der Waals surface area contributed by atoms with E-state index in [9.17, 15) is 91.3 Å². The zero-order chi connectivity index (χ0) is 54.3. The van der Waals surface area contributed by atoms with Crippen molar-refractivity contribution < 1.29 is 139 Å². The zero-order valence-electron chi connectivity index (χ0n) is 39.8. The predicted octanol–water partition coefficient (Wildman–Crippen LogP) is -7.38. The third-order valence-electron chi connectivity index (χ3n) is 12.8. The van der Waals surface area contributed by atoms with Gasteiger partial charge < -0.3 is 129 Å². The highest BCUT2D eigenvalue weighted by atomic mass is 16.7. The molecule has 418 valence electrons. The molecule has 4 aliphatic rings. The van der Waals surface area contributed by atoms with Crippen molar-refractivity contribution in [3.63, 3.8) is 0 Å². The van der Waals surface area contributed by atoms with Crippen LogP contribution in [-0.2, 0) is 60.7 Å². The number of benzene rings is 2. The van der Waals surface area contributed by atoms with Crippen LogP contribution >= 0.6 is 0 Å². The lowest BCUT2D eigenvalue weighted by atomic mass is 9.86. The molecule has 22 atom stereocenters. The van der Waals surface area contributed by atoms with Gasteiger partial charge in [0.1, 0.15) is 122 Å². The van der Waals surface area contributed by atoms with Gasteiger partial charge in [0.15, 0.2) is 18.7 Å². The van der Waals surface area contributed by atoms with Gasteiger partial charge in [0.05, 0.1) is 26.4 Å². The van der Waals surface area contributed by atoms with Gasteiger partial charge in [-0.1, -0.05) is 38.1 Å². The third kappa shape index (κ3) is 13.3. The molecule has 0 aliphatic carbocycles. The minimum absolute atomic E-state index is 0.0157. The monoisotopic (exact) mass is 1070 g/mol. The van der Waals surface area contributed by atoms with Crippen LogP contribution in [0.5, 0.6) is 11.5 Å². The third-order valence-corrected chi connectivity index (χ3v) is 12.8. The first-order chi connectivity index (χ1) is 35.1. The summed E-state index contributed by atoms with van der Waals surface area (Å²) in [6, 6.07) is 10.9. The summed E-state index contributed by atoms with van der Waals surface area (Å²) in [6.07, 6.45) is -37.6. The molecule has 4 fully saturated rings. The van der Waals surface area contributed by atoms with E-state index in [0.29, 0.717) is 0 Å². The van der Waals surface area contributed by atoms with Crippen LogP contribution in [0.25, 0.3) is 0 Å². The van der Waals surface area contributed by atoms with Crippen LogP contribution in [0.1, 0.15) is 31.4 Å². The van der Waals surface area contributed by atoms with E-state index in [1.165, 1.54) is 48.5 Å². The second-order valence-electron chi connectivity index (χ2n) is 18.6. The topological polar surface area (TPSA) is 450 Å². The van der Waals surface area contributed by atoms with Crippen LogP contribution in [0.2, 0.25) is 0 Å². The number of esters is 2. The minimum Gasteiger partial charge on any atom is -0.462 e. The van der Waals surface area contributed by atoms with Crippen molar-refractivity contribution in [2.45, 2.75) is 168 Å². The van der Waals surface area contributed by atoms with E-state index in [1.54, 1.807) is 13.8 Å². The van der Waals surface area contributed by atoms with Gasteiger partial charge in [-0.15, -0.1) is 0 Å². The summed E-state index contributed by atoms with van der Waals surface area (Å²) < 4.78 is 55.7. The summed E-state index contributed by atoms with van der Waals surface area (Å²) in [7, 11) is 0. The summed E-state index contributed by atoms with van der Waals surface area (Å²) in [4.78, 5) is 28.2. The average Bonchev–Trinajstić information content (AvgIpc) is 3.39. The van der Waals surface area contributed by atoms with Gasteiger partial charge in [0.25, 0.3) is 0 Å². The molecule has 74 heavy (non-hydrogen) atoms. The van der Waals surface area contributed by atoms with E-state index >= 15 is 0 Å². The maximum Gasteiger partial charge on any atom is 0.342 e. The zero-order valence-corrected chi connectivity index (χ0v) is 39.8. The maximum atomic E-state index is 14.4. The fraction of sp³-hybridized carbons (Fsp3) is 0.696. The molecule has 0 amide bonds. The molecule has 0 radical (unpaired) electrons. The molecule has 0 aromatic heterocycles. The number of carbonyl (C=O) groups excluding carboxylic acids is 2. The number of ether oxygens (including phenoxy) is 10. The number of hydrogen-bond donors (Lipinski definition) is 16.